The normalized spacial score (nSPS) is 11.5. The third kappa shape index (κ3) is 8.90. The van der Waals surface area contributed by atoms with Crippen LogP contribution >= 0.6 is 0 Å². The van der Waals surface area contributed by atoms with Gasteiger partial charge in [-0.05, 0) is 81.4 Å². The minimum Gasteiger partial charge on any atom is -0.458 e. The first-order valence-corrected chi connectivity index (χ1v) is 23.8. The second-order valence-electron chi connectivity index (χ2n) is 16.7. The number of aromatic nitrogens is 3. The fraction of sp³-hybridized carbons (Fsp3) is 0.170. The number of nitrogens with zero attached hydrogens (tertiary/aromatic N) is 3. The molecule has 0 bridgehead atoms. The van der Waals surface area contributed by atoms with Gasteiger partial charge in [0.25, 0.3) is 0 Å². The number of hydrogen-bond donors (Lipinski definition) is 0. The van der Waals surface area contributed by atoms with Gasteiger partial charge in [-0.2, -0.15) is 0 Å². The van der Waals surface area contributed by atoms with Gasteiger partial charge in [-0.1, -0.05) is 126 Å². The molecule has 9 rings (SSSR count). The summed E-state index contributed by atoms with van der Waals surface area (Å²) < 4.78 is 21.4. The maximum absolute atomic E-state index is 12.8. The SMILES string of the molecule is CC(C)c1cc(-c2ccccc2)cc(C(C)C)c1-n1c(-c2[c-]ccc(-c3cc4ccccc4o3)c2)nc2ccccc21.C[Si](C)(C)c1ccc(-c2[c-]cc(F)cc2)nc1.[Ir]. The van der Waals surface area contributed by atoms with E-state index in [1.165, 1.54) is 45.3 Å². The average molecular weight is 982 g/mol. The van der Waals surface area contributed by atoms with E-state index < -0.39 is 8.07 Å². The van der Waals surface area contributed by atoms with Crippen LogP contribution in [0.1, 0.15) is 50.7 Å². The van der Waals surface area contributed by atoms with Crippen LogP contribution in [0.15, 0.2) is 156 Å². The predicted molar refractivity (Wildman–Crippen MR) is 246 cm³/mol. The Morgan fingerprint density at radius 3 is 2.02 bits per heavy atom. The van der Waals surface area contributed by atoms with E-state index in [1.807, 2.05) is 36.5 Å². The van der Waals surface area contributed by atoms with Crippen LogP contribution in [0.5, 0.6) is 0 Å². The van der Waals surface area contributed by atoms with Crippen molar-refractivity contribution < 1.29 is 28.9 Å². The van der Waals surface area contributed by atoms with E-state index in [0.29, 0.717) is 11.8 Å². The first-order valence-electron chi connectivity index (χ1n) is 20.3. The van der Waals surface area contributed by atoms with E-state index >= 15 is 0 Å². The Hall–Kier alpha value is -5.72. The van der Waals surface area contributed by atoms with Gasteiger partial charge in [0, 0.05) is 43.2 Å². The summed E-state index contributed by atoms with van der Waals surface area (Å²) in [5.41, 5.74) is 12.8. The topological polar surface area (TPSA) is 43.9 Å². The molecule has 4 nitrogen and oxygen atoms in total. The van der Waals surface area contributed by atoms with Crippen molar-refractivity contribution >= 4 is 35.3 Å². The van der Waals surface area contributed by atoms with Crippen LogP contribution < -0.4 is 5.19 Å². The molecule has 60 heavy (non-hydrogen) atoms. The molecule has 0 saturated carbocycles. The van der Waals surface area contributed by atoms with E-state index in [0.717, 1.165) is 56.0 Å². The Kier molecular flexibility index (Phi) is 12.6. The Morgan fingerprint density at radius 1 is 0.667 bits per heavy atom. The molecule has 0 fully saturated rings. The van der Waals surface area contributed by atoms with Crippen LogP contribution in [-0.4, -0.2) is 22.6 Å². The Bertz CT molecular complexity index is 2810. The Balaban J connectivity index is 0.000000255. The van der Waals surface area contributed by atoms with Crippen LogP contribution in [-0.2, 0) is 20.1 Å². The molecule has 1 radical (unpaired) electrons. The minimum absolute atomic E-state index is 0. The molecular weight excluding hydrogens is 934 g/mol. The molecule has 0 spiro atoms. The zero-order chi connectivity index (χ0) is 41.3. The van der Waals surface area contributed by atoms with E-state index in [1.54, 1.807) is 6.07 Å². The Morgan fingerprint density at radius 2 is 1.37 bits per heavy atom. The number of hydrogen-bond acceptors (Lipinski definition) is 3. The van der Waals surface area contributed by atoms with Crippen molar-refractivity contribution in [1.29, 1.82) is 0 Å². The summed E-state index contributed by atoms with van der Waals surface area (Å²) in [7, 11) is -1.30. The largest absolute Gasteiger partial charge is 0.458 e. The van der Waals surface area contributed by atoms with Crippen molar-refractivity contribution in [1.82, 2.24) is 14.5 Å². The summed E-state index contributed by atoms with van der Waals surface area (Å²) in [5.74, 6) is 2.06. The summed E-state index contributed by atoms with van der Waals surface area (Å²) >= 11 is 0. The summed E-state index contributed by atoms with van der Waals surface area (Å²) in [4.78, 5) is 9.65. The van der Waals surface area contributed by atoms with E-state index in [-0.39, 0.29) is 25.9 Å². The molecule has 0 saturated heterocycles. The maximum Gasteiger partial charge on any atom is 0.134 e. The van der Waals surface area contributed by atoms with Gasteiger partial charge in [-0.3, -0.25) is 9.37 Å². The molecule has 3 heterocycles. The van der Waals surface area contributed by atoms with E-state index in [9.17, 15) is 4.39 Å². The predicted octanol–water partition coefficient (Wildman–Crippen LogP) is 14.1. The number of halogens is 1. The summed E-state index contributed by atoms with van der Waals surface area (Å²) in [6.45, 7) is 16.0. The van der Waals surface area contributed by atoms with E-state index in [2.05, 4.69) is 166 Å². The zero-order valence-electron chi connectivity index (χ0n) is 35.0. The first-order chi connectivity index (χ1) is 28.4. The average Bonchev–Trinajstić information content (AvgIpc) is 3.86. The zero-order valence-corrected chi connectivity index (χ0v) is 38.4. The van der Waals surface area contributed by atoms with Crippen LogP contribution in [0.25, 0.3) is 72.8 Å². The Labute approximate surface area is 367 Å². The second-order valence-corrected chi connectivity index (χ2v) is 21.8. The van der Waals surface area contributed by atoms with Crippen molar-refractivity contribution in [3.63, 3.8) is 0 Å². The molecule has 0 aliphatic rings. The maximum atomic E-state index is 12.8. The molecule has 0 N–H and O–H groups in total. The van der Waals surface area contributed by atoms with Gasteiger partial charge in [-0.25, -0.2) is 0 Å². The molecule has 303 valence electrons. The van der Waals surface area contributed by atoms with Gasteiger partial charge in [0.2, 0.25) is 0 Å². The molecule has 0 aliphatic heterocycles. The minimum atomic E-state index is -1.30. The number of imidazole rings is 1. The molecule has 7 heteroatoms. The van der Waals surface area contributed by atoms with Crippen molar-refractivity contribution in [3.05, 3.63) is 181 Å². The van der Waals surface area contributed by atoms with Crippen molar-refractivity contribution in [2.75, 3.05) is 0 Å². The fourth-order valence-electron chi connectivity index (χ4n) is 7.48. The molecule has 9 aromatic rings. The number of furan rings is 1. The molecule has 0 amide bonds. The van der Waals surface area contributed by atoms with Crippen molar-refractivity contribution in [2.45, 2.75) is 59.2 Å². The monoisotopic (exact) mass is 982 g/mol. The van der Waals surface area contributed by atoms with Gasteiger partial charge >= 0.3 is 0 Å². The number of para-hydroxylation sites is 3. The molecule has 0 atom stereocenters. The number of rotatable bonds is 8. The van der Waals surface area contributed by atoms with Gasteiger partial charge in [0.05, 0.1) is 24.9 Å². The fourth-order valence-corrected chi connectivity index (χ4v) is 8.52. The number of fused-ring (bicyclic) bond motifs is 2. The van der Waals surface area contributed by atoms with Crippen molar-refractivity contribution in [2.24, 2.45) is 0 Å². The molecule has 0 aliphatic carbocycles. The van der Waals surface area contributed by atoms with Crippen molar-refractivity contribution in [3.8, 4) is 50.8 Å². The van der Waals surface area contributed by atoms with Gasteiger partial charge < -0.3 is 14.0 Å². The molecular formula is C53H48FIrN3OSi-2. The summed E-state index contributed by atoms with van der Waals surface area (Å²) in [5, 5.41) is 2.42. The van der Waals surface area contributed by atoms with E-state index in [4.69, 9.17) is 9.40 Å². The first kappa shape index (κ1) is 42.4. The van der Waals surface area contributed by atoms with Crippen LogP contribution in [0.2, 0.25) is 19.6 Å². The third-order valence-corrected chi connectivity index (χ3v) is 12.8. The van der Waals surface area contributed by atoms with Gasteiger partial charge in [0.15, 0.2) is 0 Å². The molecule has 6 aromatic carbocycles. The standard InChI is InChI=1S/C39H33N2O.C14H15FNSi.Ir/c1-25(2)32-22-31(27-13-6-5-7-14-27)23-33(26(3)4)38(32)41-35-19-10-9-18-34(35)40-39(41)30-17-12-16-28(21-30)37-24-29-15-8-11-20-36(29)42-37;1-17(2,3)13-8-9-14(16-10-13)11-4-6-12(15)7-5-11;/h5-16,18-26H,1-4H3;4,6-10H,1-3H3;/q2*-1;. The number of benzene rings is 6. The second kappa shape index (κ2) is 17.9. The molecule has 3 aromatic heterocycles. The van der Waals surface area contributed by atoms with Crippen LogP contribution in [0.3, 0.4) is 0 Å². The third-order valence-electron chi connectivity index (χ3n) is 10.7. The number of pyridine rings is 1. The van der Waals surface area contributed by atoms with Gasteiger partial charge in [0.1, 0.15) is 11.3 Å². The smallest absolute Gasteiger partial charge is 0.134 e. The van der Waals surface area contributed by atoms with Gasteiger partial charge in [-0.15, -0.1) is 59.7 Å². The summed E-state index contributed by atoms with van der Waals surface area (Å²) in [6, 6.07) is 55.2. The van der Waals surface area contributed by atoms with Crippen LogP contribution in [0.4, 0.5) is 4.39 Å². The molecule has 0 unspecified atom stereocenters. The van der Waals surface area contributed by atoms with Crippen LogP contribution in [0, 0.1) is 17.9 Å². The summed E-state index contributed by atoms with van der Waals surface area (Å²) in [6.07, 6.45) is 1.93. The quantitative estimate of drug-likeness (QED) is 0.113.